The molecule has 1 aliphatic rings. The van der Waals surface area contributed by atoms with Crippen LogP contribution in [0.2, 0.25) is 5.02 Å². The van der Waals surface area contributed by atoms with Gasteiger partial charge in [-0.25, -0.2) is 9.69 Å². The van der Waals surface area contributed by atoms with E-state index in [4.69, 9.17) is 11.6 Å². The quantitative estimate of drug-likeness (QED) is 0.537. The molecule has 3 aromatic carbocycles. The number of urea groups is 1. The van der Waals surface area contributed by atoms with E-state index in [1.807, 2.05) is 60.7 Å². The molecule has 3 aromatic rings. The average molecular weight is 423 g/mol. The second-order valence-electron chi connectivity index (χ2n) is 6.76. The molecular weight excluding hydrogens is 404 g/mol. The van der Waals surface area contributed by atoms with E-state index >= 15 is 0 Å². The van der Waals surface area contributed by atoms with E-state index < -0.39 is 6.03 Å². The third-order valence-electron chi connectivity index (χ3n) is 4.77. The Morgan fingerprint density at radius 1 is 0.931 bits per heavy atom. The lowest BCUT2D eigenvalue weighted by molar-refractivity contribution is -0.144. The first-order valence-electron chi connectivity index (χ1n) is 9.27. The molecule has 6 heteroatoms. The zero-order valence-electron chi connectivity index (χ0n) is 15.5. The number of nitrogens with one attached hydrogen (secondary N) is 1. The Labute approximate surface area is 178 Å². The molecule has 0 bridgehead atoms. The maximum atomic E-state index is 12.9. The van der Waals surface area contributed by atoms with Gasteiger partial charge in [-0.05, 0) is 48.4 Å². The molecular formula is C23H19ClN2O2S. The highest BCUT2D eigenvalue weighted by atomic mass is 35.5. The second kappa shape index (κ2) is 8.72. The SMILES string of the molecule is O=C(Nc1ccc(Cl)cc1)N1C(=O)C(Cc2ccccc2)C1Sc1ccccc1. The minimum atomic E-state index is -0.421. The molecule has 1 fully saturated rings. The molecule has 0 saturated carbocycles. The number of halogens is 1. The van der Waals surface area contributed by atoms with Crippen molar-refractivity contribution in [1.29, 1.82) is 0 Å². The van der Waals surface area contributed by atoms with Crippen molar-refractivity contribution in [3.8, 4) is 0 Å². The minimum absolute atomic E-state index is 0.159. The van der Waals surface area contributed by atoms with Crippen LogP contribution < -0.4 is 5.32 Å². The monoisotopic (exact) mass is 422 g/mol. The summed E-state index contributed by atoms with van der Waals surface area (Å²) in [6, 6.07) is 26.1. The van der Waals surface area contributed by atoms with Crippen LogP contribution in [0.25, 0.3) is 0 Å². The molecule has 29 heavy (non-hydrogen) atoms. The molecule has 3 amide bonds. The number of nitrogens with zero attached hydrogens (tertiary/aromatic N) is 1. The van der Waals surface area contributed by atoms with Gasteiger partial charge in [-0.1, -0.05) is 71.9 Å². The van der Waals surface area contributed by atoms with Crippen LogP contribution in [0, 0.1) is 5.92 Å². The first-order chi connectivity index (χ1) is 14.1. The Kier molecular flexibility index (Phi) is 5.88. The van der Waals surface area contributed by atoms with Crippen molar-refractivity contribution in [2.75, 3.05) is 5.32 Å². The van der Waals surface area contributed by atoms with Gasteiger partial charge in [-0.3, -0.25) is 4.79 Å². The number of likely N-dealkylation sites (tertiary alicyclic amines) is 1. The van der Waals surface area contributed by atoms with Gasteiger partial charge in [0.1, 0.15) is 5.37 Å². The van der Waals surface area contributed by atoms with Gasteiger partial charge in [0, 0.05) is 15.6 Å². The summed E-state index contributed by atoms with van der Waals surface area (Å²) in [6.45, 7) is 0. The van der Waals surface area contributed by atoms with Crippen LogP contribution in [0.1, 0.15) is 5.56 Å². The van der Waals surface area contributed by atoms with Crippen LogP contribution in [0.4, 0.5) is 10.5 Å². The summed E-state index contributed by atoms with van der Waals surface area (Å²) >= 11 is 7.44. The van der Waals surface area contributed by atoms with Crippen LogP contribution >= 0.6 is 23.4 Å². The van der Waals surface area contributed by atoms with Crippen molar-refractivity contribution < 1.29 is 9.59 Å². The average Bonchev–Trinajstić information content (AvgIpc) is 2.75. The van der Waals surface area contributed by atoms with Crippen LogP contribution in [-0.4, -0.2) is 22.2 Å². The number of β-lactam (4-membered cyclic amide) rings is 1. The largest absolute Gasteiger partial charge is 0.329 e. The van der Waals surface area contributed by atoms with Crippen molar-refractivity contribution in [2.45, 2.75) is 16.7 Å². The van der Waals surface area contributed by atoms with Gasteiger partial charge in [0.25, 0.3) is 0 Å². The maximum absolute atomic E-state index is 12.9. The molecule has 2 atom stereocenters. The Bertz CT molecular complexity index is 996. The number of thioether (sulfide) groups is 1. The first-order valence-corrected chi connectivity index (χ1v) is 10.5. The van der Waals surface area contributed by atoms with E-state index in [1.165, 1.54) is 16.7 Å². The molecule has 0 aliphatic carbocycles. The molecule has 4 nitrogen and oxygen atoms in total. The van der Waals surface area contributed by atoms with Gasteiger partial charge in [0.15, 0.2) is 0 Å². The highest BCUT2D eigenvalue weighted by molar-refractivity contribution is 8.00. The van der Waals surface area contributed by atoms with Crippen LogP contribution in [-0.2, 0) is 11.2 Å². The zero-order chi connectivity index (χ0) is 20.2. The number of benzene rings is 3. The Morgan fingerprint density at radius 3 is 2.21 bits per heavy atom. The van der Waals surface area contributed by atoms with Gasteiger partial charge >= 0.3 is 6.03 Å². The highest BCUT2D eigenvalue weighted by Gasteiger charge is 2.51. The predicted molar refractivity (Wildman–Crippen MR) is 117 cm³/mol. The Balaban J connectivity index is 1.53. The lowest BCUT2D eigenvalue weighted by Crippen LogP contribution is -2.63. The molecule has 1 saturated heterocycles. The first kappa shape index (κ1) is 19.6. The number of hydrogen-bond acceptors (Lipinski definition) is 3. The molecule has 146 valence electrons. The fourth-order valence-corrected chi connectivity index (χ4v) is 4.69. The van der Waals surface area contributed by atoms with Gasteiger partial charge < -0.3 is 5.32 Å². The summed E-state index contributed by atoms with van der Waals surface area (Å²) < 4.78 is 0. The Hall–Kier alpha value is -2.76. The van der Waals surface area contributed by atoms with Gasteiger partial charge in [0.05, 0.1) is 5.92 Å². The molecule has 1 heterocycles. The van der Waals surface area contributed by atoms with Gasteiger partial charge in [0.2, 0.25) is 5.91 Å². The third-order valence-corrected chi connectivity index (χ3v) is 6.34. The number of amides is 3. The lowest BCUT2D eigenvalue weighted by atomic mass is 9.91. The molecule has 0 radical (unpaired) electrons. The van der Waals surface area contributed by atoms with E-state index in [0.29, 0.717) is 17.1 Å². The fourth-order valence-electron chi connectivity index (χ4n) is 3.29. The molecule has 0 spiro atoms. The summed E-state index contributed by atoms with van der Waals surface area (Å²) in [5.41, 5.74) is 1.68. The maximum Gasteiger partial charge on any atom is 0.329 e. The number of rotatable bonds is 5. The lowest BCUT2D eigenvalue weighted by Gasteiger charge is -2.45. The van der Waals surface area contributed by atoms with Crippen molar-refractivity contribution >= 4 is 41.0 Å². The number of carbonyl (C=O) groups is 2. The van der Waals surface area contributed by atoms with Gasteiger partial charge in [-0.15, -0.1) is 0 Å². The third kappa shape index (κ3) is 4.47. The molecule has 4 rings (SSSR count). The van der Waals surface area contributed by atoms with E-state index in [0.717, 1.165) is 10.5 Å². The molecule has 2 unspecified atom stereocenters. The molecule has 1 N–H and O–H groups in total. The topological polar surface area (TPSA) is 49.4 Å². The van der Waals surface area contributed by atoms with E-state index in [1.54, 1.807) is 24.3 Å². The van der Waals surface area contributed by atoms with Crippen molar-refractivity contribution in [3.05, 3.63) is 95.5 Å². The fraction of sp³-hybridized carbons (Fsp3) is 0.130. The number of anilines is 1. The van der Waals surface area contributed by atoms with E-state index in [2.05, 4.69) is 5.32 Å². The minimum Gasteiger partial charge on any atom is -0.307 e. The van der Waals surface area contributed by atoms with Crippen molar-refractivity contribution in [1.82, 2.24) is 4.90 Å². The van der Waals surface area contributed by atoms with Crippen molar-refractivity contribution in [3.63, 3.8) is 0 Å². The number of imide groups is 1. The zero-order valence-corrected chi connectivity index (χ0v) is 17.1. The highest BCUT2D eigenvalue weighted by Crippen LogP contribution is 2.41. The van der Waals surface area contributed by atoms with Crippen LogP contribution in [0.15, 0.2) is 89.8 Å². The van der Waals surface area contributed by atoms with E-state index in [-0.39, 0.29) is 17.2 Å². The standard InChI is InChI=1S/C23H19ClN2O2S/c24-17-11-13-18(14-12-17)25-23(28)26-21(27)20(15-16-7-3-1-4-8-16)22(26)29-19-9-5-2-6-10-19/h1-14,20,22H,15H2,(H,25,28). The van der Waals surface area contributed by atoms with Crippen LogP contribution in [0.5, 0.6) is 0 Å². The molecule has 1 aliphatic heterocycles. The smallest absolute Gasteiger partial charge is 0.307 e. The molecule has 0 aromatic heterocycles. The van der Waals surface area contributed by atoms with Crippen molar-refractivity contribution in [2.24, 2.45) is 5.92 Å². The summed E-state index contributed by atoms with van der Waals surface area (Å²) in [5.74, 6) is -0.410. The number of carbonyl (C=O) groups excluding carboxylic acids is 2. The predicted octanol–water partition coefficient (Wildman–Crippen LogP) is 5.69. The Morgan fingerprint density at radius 2 is 1.55 bits per heavy atom. The second-order valence-corrected chi connectivity index (χ2v) is 8.39. The number of hydrogen-bond donors (Lipinski definition) is 1. The van der Waals surface area contributed by atoms with E-state index in [9.17, 15) is 9.59 Å². The normalized spacial score (nSPS) is 18.2. The summed E-state index contributed by atoms with van der Waals surface area (Å²) in [7, 11) is 0. The summed E-state index contributed by atoms with van der Waals surface area (Å²) in [4.78, 5) is 28.1. The summed E-state index contributed by atoms with van der Waals surface area (Å²) in [5, 5.41) is 3.12. The van der Waals surface area contributed by atoms with Crippen LogP contribution in [0.3, 0.4) is 0 Å². The van der Waals surface area contributed by atoms with Gasteiger partial charge in [-0.2, -0.15) is 0 Å². The summed E-state index contributed by atoms with van der Waals surface area (Å²) in [6.07, 6.45) is 0.606.